The molecule has 0 amide bonds. The van der Waals surface area contributed by atoms with Crippen LogP contribution in [0.3, 0.4) is 0 Å². The molecule has 82 valence electrons. The summed E-state index contributed by atoms with van der Waals surface area (Å²) in [5.74, 6) is 0.888. The predicted octanol–water partition coefficient (Wildman–Crippen LogP) is 3.46. The number of rotatable bonds is 4. The highest BCUT2D eigenvalue weighted by Crippen LogP contribution is 2.25. The molecule has 0 atom stereocenters. The Labute approximate surface area is 98.2 Å². The number of nitro groups is 1. The third-order valence-electron chi connectivity index (χ3n) is 2.28. The number of alkyl halides is 2. The molecule has 0 saturated heterocycles. The van der Waals surface area contributed by atoms with Crippen molar-refractivity contribution in [1.29, 1.82) is 0 Å². The summed E-state index contributed by atoms with van der Waals surface area (Å²) in [5.41, 5.74) is 1.93. The summed E-state index contributed by atoms with van der Waals surface area (Å²) < 4.78 is 0. The monoisotopic (exact) mass is 247 g/mol. The molecule has 0 bridgehead atoms. The van der Waals surface area contributed by atoms with E-state index in [2.05, 4.69) is 0 Å². The quantitative estimate of drug-likeness (QED) is 0.465. The summed E-state index contributed by atoms with van der Waals surface area (Å²) in [7, 11) is 0. The minimum atomic E-state index is -0.410. The predicted molar refractivity (Wildman–Crippen MR) is 62.0 cm³/mol. The average molecular weight is 248 g/mol. The van der Waals surface area contributed by atoms with Crippen molar-refractivity contribution in [2.75, 3.05) is 11.8 Å². The van der Waals surface area contributed by atoms with Gasteiger partial charge in [0.15, 0.2) is 0 Å². The molecule has 0 saturated carbocycles. The van der Waals surface area contributed by atoms with Gasteiger partial charge in [-0.15, -0.1) is 23.2 Å². The van der Waals surface area contributed by atoms with Crippen molar-refractivity contribution in [2.24, 2.45) is 0 Å². The molecule has 0 fully saturated rings. The molecule has 0 N–H and O–H groups in total. The highest BCUT2D eigenvalue weighted by Gasteiger charge is 2.14. The van der Waals surface area contributed by atoms with Crippen molar-refractivity contribution < 1.29 is 4.92 Å². The Bertz CT molecular complexity index is 364. The van der Waals surface area contributed by atoms with Gasteiger partial charge in [-0.1, -0.05) is 6.07 Å². The molecule has 5 heteroatoms. The number of non-ortho nitro benzene ring substituents is 1. The van der Waals surface area contributed by atoms with E-state index in [1.807, 2.05) is 6.92 Å². The summed E-state index contributed by atoms with van der Waals surface area (Å²) in [6.07, 6.45) is 0. The number of halogens is 2. The van der Waals surface area contributed by atoms with E-state index in [-0.39, 0.29) is 11.6 Å². The first-order valence-electron chi connectivity index (χ1n) is 4.47. The fourth-order valence-corrected chi connectivity index (χ4v) is 2.10. The van der Waals surface area contributed by atoms with Crippen LogP contribution in [0.5, 0.6) is 0 Å². The lowest BCUT2D eigenvalue weighted by molar-refractivity contribution is -0.384. The van der Waals surface area contributed by atoms with Crippen molar-refractivity contribution in [3.8, 4) is 0 Å². The normalized spacial score (nSPS) is 10.7. The van der Waals surface area contributed by atoms with E-state index in [0.29, 0.717) is 11.8 Å². The molecule has 0 aliphatic carbocycles. The Hall–Kier alpha value is -0.800. The van der Waals surface area contributed by atoms with Crippen LogP contribution in [0, 0.1) is 17.0 Å². The molecular formula is C10H11Cl2NO2. The van der Waals surface area contributed by atoms with Crippen LogP contribution in [0.15, 0.2) is 18.2 Å². The van der Waals surface area contributed by atoms with Gasteiger partial charge in [-0.3, -0.25) is 10.1 Å². The van der Waals surface area contributed by atoms with E-state index in [0.717, 1.165) is 11.1 Å². The molecular weight excluding hydrogens is 237 g/mol. The fourth-order valence-electron chi connectivity index (χ4n) is 1.44. The van der Waals surface area contributed by atoms with Crippen molar-refractivity contribution in [3.05, 3.63) is 39.4 Å². The zero-order valence-electron chi connectivity index (χ0n) is 8.24. The molecule has 1 rings (SSSR count). The first kappa shape index (κ1) is 12.3. The highest BCUT2D eigenvalue weighted by atomic mass is 35.5. The van der Waals surface area contributed by atoms with Crippen molar-refractivity contribution in [2.45, 2.75) is 12.8 Å². The Morgan fingerprint density at radius 3 is 2.40 bits per heavy atom. The van der Waals surface area contributed by atoms with Gasteiger partial charge in [0.2, 0.25) is 0 Å². The van der Waals surface area contributed by atoms with Crippen LogP contribution in [0.1, 0.15) is 17.0 Å². The zero-order chi connectivity index (χ0) is 11.4. The van der Waals surface area contributed by atoms with Crippen LogP contribution in [-0.4, -0.2) is 16.7 Å². The summed E-state index contributed by atoms with van der Waals surface area (Å²) in [6, 6.07) is 4.75. The maximum Gasteiger partial charge on any atom is 0.269 e. The number of nitrogens with zero attached hydrogens (tertiary/aromatic N) is 1. The maximum atomic E-state index is 10.5. The highest BCUT2D eigenvalue weighted by molar-refractivity contribution is 6.21. The minimum Gasteiger partial charge on any atom is -0.258 e. The maximum absolute atomic E-state index is 10.5. The van der Waals surface area contributed by atoms with E-state index in [1.54, 1.807) is 12.1 Å². The van der Waals surface area contributed by atoms with E-state index < -0.39 is 4.92 Å². The third kappa shape index (κ3) is 2.83. The second-order valence-corrected chi connectivity index (χ2v) is 3.92. The minimum absolute atomic E-state index is 0.0501. The van der Waals surface area contributed by atoms with Gasteiger partial charge in [0, 0.05) is 29.8 Å². The standard InChI is InChI=1S/C10H11Cl2NO2/c1-7-4-9(13(14)15)2-3-10(7)8(5-11)6-12/h2-4,8H,5-6H2,1H3. The summed E-state index contributed by atoms with van der Waals surface area (Å²) in [6.45, 7) is 1.83. The van der Waals surface area contributed by atoms with Crippen LogP contribution in [-0.2, 0) is 0 Å². The summed E-state index contributed by atoms with van der Waals surface area (Å²) in [4.78, 5) is 10.1. The molecule has 0 aliphatic heterocycles. The van der Waals surface area contributed by atoms with Crippen LogP contribution >= 0.6 is 23.2 Å². The van der Waals surface area contributed by atoms with Crippen LogP contribution in [0.4, 0.5) is 5.69 Å². The van der Waals surface area contributed by atoms with Gasteiger partial charge < -0.3 is 0 Å². The topological polar surface area (TPSA) is 43.1 Å². The Morgan fingerprint density at radius 2 is 2.00 bits per heavy atom. The molecule has 0 unspecified atom stereocenters. The van der Waals surface area contributed by atoms with Gasteiger partial charge in [-0.25, -0.2) is 0 Å². The third-order valence-corrected chi connectivity index (χ3v) is 3.02. The Morgan fingerprint density at radius 1 is 1.40 bits per heavy atom. The van der Waals surface area contributed by atoms with Gasteiger partial charge in [0.25, 0.3) is 5.69 Å². The number of hydrogen-bond acceptors (Lipinski definition) is 2. The molecule has 3 nitrogen and oxygen atoms in total. The largest absolute Gasteiger partial charge is 0.269 e. The molecule has 0 aromatic heterocycles. The van der Waals surface area contributed by atoms with Crippen molar-refractivity contribution in [3.63, 3.8) is 0 Å². The number of hydrogen-bond donors (Lipinski definition) is 0. The van der Waals surface area contributed by atoms with Gasteiger partial charge in [-0.05, 0) is 18.1 Å². The smallest absolute Gasteiger partial charge is 0.258 e. The first-order chi connectivity index (χ1) is 7.10. The lowest BCUT2D eigenvalue weighted by Gasteiger charge is -2.13. The van der Waals surface area contributed by atoms with Crippen LogP contribution in [0.25, 0.3) is 0 Å². The second kappa shape index (κ2) is 5.33. The van der Waals surface area contributed by atoms with E-state index >= 15 is 0 Å². The van der Waals surface area contributed by atoms with Crippen LogP contribution in [0.2, 0.25) is 0 Å². The lowest BCUT2D eigenvalue weighted by Crippen LogP contribution is -2.04. The number of aryl methyl sites for hydroxylation is 1. The SMILES string of the molecule is Cc1cc([N+](=O)[O-])ccc1C(CCl)CCl. The molecule has 0 spiro atoms. The molecule has 0 radical (unpaired) electrons. The van der Waals surface area contributed by atoms with Gasteiger partial charge >= 0.3 is 0 Å². The first-order valence-corrected chi connectivity index (χ1v) is 5.54. The molecule has 0 aliphatic rings. The van der Waals surface area contributed by atoms with Gasteiger partial charge in [-0.2, -0.15) is 0 Å². The van der Waals surface area contributed by atoms with Crippen LogP contribution < -0.4 is 0 Å². The second-order valence-electron chi connectivity index (χ2n) is 3.30. The van der Waals surface area contributed by atoms with E-state index in [4.69, 9.17) is 23.2 Å². The van der Waals surface area contributed by atoms with E-state index in [9.17, 15) is 10.1 Å². The molecule has 1 aromatic carbocycles. The average Bonchev–Trinajstić information content (AvgIpc) is 2.21. The Kier molecular flexibility index (Phi) is 4.36. The molecule has 1 aromatic rings. The van der Waals surface area contributed by atoms with Gasteiger partial charge in [0.05, 0.1) is 4.92 Å². The zero-order valence-corrected chi connectivity index (χ0v) is 9.76. The fraction of sp³-hybridized carbons (Fsp3) is 0.400. The van der Waals surface area contributed by atoms with E-state index in [1.165, 1.54) is 6.07 Å². The molecule has 15 heavy (non-hydrogen) atoms. The van der Waals surface area contributed by atoms with Gasteiger partial charge in [0.1, 0.15) is 0 Å². The van der Waals surface area contributed by atoms with Crippen molar-refractivity contribution in [1.82, 2.24) is 0 Å². The van der Waals surface area contributed by atoms with Crippen molar-refractivity contribution >= 4 is 28.9 Å². The number of nitro benzene ring substituents is 1. The lowest BCUT2D eigenvalue weighted by atomic mass is 9.97. The Balaban J connectivity index is 3.07. The number of benzene rings is 1. The molecule has 0 heterocycles. The summed E-state index contributed by atoms with van der Waals surface area (Å²) >= 11 is 11.5. The summed E-state index contributed by atoms with van der Waals surface area (Å²) in [5, 5.41) is 10.5.